The summed E-state index contributed by atoms with van der Waals surface area (Å²) in [6, 6.07) is 11.5. The third-order valence-corrected chi connectivity index (χ3v) is 5.71. The minimum atomic E-state index is -0.364. The van der Waals surface area contributed by atoms with Crippen molar-refractivity contribution in [1.82, 2.24) is 10.3 Å². The van der Waals surface area contributed by atoms with Gasteiger partial charge in [0.2, 0.25) is 5.91 Å². The van der Waals surface area contributed by atoms with Crippen LogP contribution in [0.4, 0.5) is 4.79 Å². The maximum atomic E-state index is 11.7. The lowest BCUT2D eigenvalue weighted by Gasteiger charge is -2.09. The van der Waals surface area contributed by atoms with Crippen molar-refractivity contribution in [3.8, 4) is 5.75 Å². The molecule has 1 N–H and O–H groups in total. The van der Waals surface area contributed by atoms with Crippen molar-refractivity contribution in [3.63, 3.8) is 0 Å². The number of nitrogens with one attached hydrogen (secondary N) is 1. The molecule has 31 heavy (non-hydrogen) atoms. The predicted molar refractivity (Wildman–Crippen MR) is 118 cm³/mol. The zero-order valence-corrected chi connectivity index (χ0v) is 18.3. The number of thioether (sulfide) groups is 1. The van der Waals surface area contributed by atoms with E-state index in [-0.39, 0.29) is 22.4 Å². The van der Waals surface area contributed by atoms with Crippen molar-refractivity contribution in [2.45, 2.75) is 44.3 Å². The van der Waals surface area contributed by atoms with Crippen molar-refractivity contribution >= 4 is 28.9 Å². The van der Waals surface area contributed by atoms with Gasteiger partial charge < -0.3 is 9.47 Å². The molecule has 1 aromatic heterocycles. The number of imide groups is 1. The molecule has 7 nitrogen and oxygen atoms in total. The monoisotopic (exact) mass is 442 g/mol. The maximum absolute atomic E-state index is 11.7. The topological polar surface area (TPSA) is 94.6 Å². The summed E-state index contributed by atoms with van der Waals surface area (Å²) >= 11 is 1.03. The molecular formula is C23H26N2O5S. The molecule has 1 aliphatic heterocycles. The molecule has 1 aromatic carbocycles. The summed E-state index contributed by atoms with van der Waals surface area (Å²) in [5.74, 6) is 0.357. The van der Waals surface area contributed by atoms with Crippen LogP contribution < -0.4 is 10.1 Å². The van der Waals surface area contributed by atoms with Crippen LogP contribution in [-0.4, -0.2) is 40.6 Å². The number of nitrogens with zero attached hydrogens (tertiary/aromatic N) is 1. The number of aromatic nitrogens is 1. The number of hydrogen-bond donors (Lipinski definition) is 1. The Kier molecular flexibility index (Phi) is 8.46. The number of pyridine rings is 1. The average Bonchev–Trinajstić information content (AvgIpc) is 3.07. The molecular weight excluding hydrogens is 416 g/mol. The van der Waals surface area contributed by atoms with Gasteiger partial charge in [0.1, 0.15) is 5.75 Å². The molecule has 0 saturated carbocycles. The van der Waals surface area contributed by atoms with Crippen LogP contribution in [0.2, 0.25) is 0 Å². The van der Waals surface area contributed by atoms with E-state index in [1.54, 1.807) is 6.20 Å². The van der Waals surface area contributed by atoms with Gasteiger partial charge in [0.25, 0.3) is 5.24 Å². The lowest BCUT2D eigenvalue weighted by Crippen LogP contribution is -2.25. The zero-order chi connectivity index (χ0) is 22.1. The van der Waals surface area contributed by atoms with E-state index in [0.717, 1.165) is 40.8 Å². The molecule has 0 radical (unpaired) electrons. The van der Waals surface area contributed by atoms with Crippen LogP contribution in [0.3, 0.4) is 0 Å². The third-order valence-electron chi connectivity index (χ3n) is 4.73. The van der Waals surface area contributed by atoms with Crippen molar-refractivity contribution in [2.75, 3.05) is 13.2 Å². The van der Waals surface area contributed by atoms with E-state index in [0.29, 0.717) is 38.9 Å². The van der Waals surface area contributed by atoms with Crippen molar-refractivity contribution < 1.29 is 23.9 Å². The number of ether oxygens (including phenoxy) is 2. The second-order valence-corrected chi connectivity index (χ2v) is 8.38. The molecule has 1 unspecified atom stereocenters. The van der Waals surface area contributed by atoms with E-state index in [4.69, 9.17) is 9.47 Å². The van der Waals surface area contributed by atoms with E-state index in [1.165, 1.54) is 0 Å². The second-order valence-electron chi connectivity index (χ2n) is 7.21. The van der Waals surface area contributed by atoms with E-state index >= 15 is 0 Å². The summed E-state index contributed by atoms with van der Waals surface area (Å²) in [6.45, 7) is 2.82. The normalized spacial score (nSPS) is 15.6. The molecule has 0 bridgehead atoms. The highest BCUT2D eigenvalue weighted by molar-refractivity contribution is 8.15. The second kappa shape index (κ2) is 11.5. The zero-order valence-electron chi connectivity index (χ0n) is 17.5. The molecule has 1 saturated heterocycles. The van der Waals surface area contributed by atoms with Gasteiger partial charge in [-0.1, -0.05) is 36.9 Å². The predicted octanol–water partition coefficient (Wildman–Crippen LogP) is 3.48. The van der Waals surface area contributed by atoms with Crippen LogP contribution >= 0.6 is 11.8 Å². The fourth-order valence-corrected chi connectivity index (χ4v) is 3.91. The summed E-state index contributed by atoms with van der Waals surface area (Å²) < 4.78 is 10.9. The van der Waals surface area contributed by atoms with Crippen LogP contribution in [0.15, 0.2) is 42.6 Å². The Labute approximate surface area is 185 Å². The first-order valence-electron chi connectivity index (χ1n) is 10.4. The molecule has 1 aliphatic rings. The first-order chi connectivity index (χ1) is 15.0. The Bertz CT molecular complexity index is 899. The van der Waals surface area contributed by atoms with Crippen LogP contribution in [0.25, 0.3) is 0 Å². The van der Waals surface area contributed by atoms with E-state index < -0.39 is 0 Å². The molecule has 3 rings (SSSR count). The molecule has 8 heteroatoms. The highest BCUT2D eigenvalue weighted by Gasteiger charge is 2.31. The Morgan fingerprint density at radius 2 is 1.84 bits per heavy atom. The third kappa shape index (κ3) is 7.40. The number of hydrogen-bond acceptors (Lipinski definition) is 7. The molecule has 1 atom stereocenters. The first kappa shape index (κ1) is 22.8. The SMILES string of the molecule is CCCC(=O)OCCc1ccc(CCOc2ccc(CC3SC(=O)NC3=O)cc2)nc1. The van der Waals surface area contributed by atoms with Crippen LogP contribution in [0, 0.1) is 0 Å². The quantitative estimate of drug-likeness (QED) is 0.532. The van der Waals surface area contributed by atoms with Gasteiger partial charge in [-0.25, -0.2) is 0 Å². The van der Waals surface area contributed by atoms with Gasteiger partial charge in [0.05, 0.1) is 18.5 Å². The summed E-state index contributed by atoms with van der Waals surface area (Å²) in [7, 11) is 0. The fraction of sp³-hybridized carbons (Fsp3) is 0.391. The van der Waals surface area contributed by atoms with Crippen molar-refractivity contribution in [3.05, 3.63) is 59.4 Å². The lowest BCUT2D eigenvalue weighted by molar-refractivity contribution is -0.143. The van der Waals surface area contributed by atoms with Crippen molar-refractivity contribution in [1.29, 1.82) is 0 Å². The van der Waals surface area contributed by atoms with E-state index in [9.17, 15) is 14.4 Å². The standard InChI is InChI=1S/C23H26N2O5S/c1-2-3-21(26)30-12-10-17-4-7-18(24-15-17)11-13-29-19-8-5-16(6-9-19)14-20-22(27)25-23(28)31-20/h4-9,15,20H,2-3,10-14H2,1H3,(H,25,27,28). The van der Waals surface area contributed by atoms with Gasteiger partial charge in [-0.05, 0) is 42.2 Å². The van der Waals surface area contributed by atoms with Crippen LogP contribution in [-0.2, 0) is 33.6 Å². The summed E-state index contributed by atoms with van der Waals surface area (Å²) in [5, 5.41) is 1.65. The van der Waals surface area contributed by atoms with Crippen LogP contribution in [0.5, 0.6) is 5.75 Å². The highest BCUT2D eigenvalue weighted by atomic mass is 32.2. The fourth-order valence-electron chi connectivity index (χ4n) is 3.05. The van der Waals surface area contributed by atoms with E-state index in [1.807, 2.05) is 43.3 Å². The number of amides is 2. The maximum Gasteiger partial charge on any atom is 0.305 e. The largest absolute Gasteiger partial charge is 0.493 e. The number of rotatable bonds is 11. The van der Waals surface area contributed by atoms with Gasteiger partial charge in [-0.3, -0.25) is 24.7 Å². The molecule has 2 heterocycles. The molecule has 164 valence electrons. The van der Waals surface area contributed by atoms with Gasteiger partial charge in [0.15, 0.2) is 0 Å². The highest BCUT2D eigenvalue weighted by Crippen LogP contribution is 2.23. The number of esters is 1. The smallest absolute Gasteiger partial charge is 0.305 e. The molecule has 1 fully saturated rings. The van der Waals surface area contributed by atoms with Crippen LogP contribution in [0.1, 0.15) is 36.6 Å². The average molecular weight is 443 g/mol. The Hall–Kier alpha value is -2.87. The number of carbonyl (C=O) groups excluding carboxylic acids is 3. The van der Waals surface area contributed by atoms with Crippen molar-refractivity contribution in [2.24, 2.45) is 0 Å². The lowest BCUT2D eigenvalue weighted by atomic mass is 10.1. The Balaban J connectivity index is 1.37. The summed E-state index contributed by atoms with van der Waals surface area (Å²) in [6.07, 6.45) is 4.89. The van der Waals surface area contributed by atoms with E-state index in [2.05, 4.69) is 10.3 Å². The minimum Gasteiger partial charge on any atom is -0.493 e. The molecule has 2 amide bonds. The number of carbonyl (C=O) groups is 3. The molecule has 0 spiro atoms. The minimum absolute atomic E-state index is 0.157. The Morgan fingerprint density at radius 1 is 1.06 bits per heavy atom. The van der Waals surface area contributed by atoms with Gasteiger partial charge in [-0.15, -0.1) is 0 Å². The summed E-state index contributed by atoms with van der Waals surface area (Å²) in [5.41, 5.74) is 2.94. The first-order valence-corrected chi connectivity index (χ1v) is 11.2. The van der Waals surface area contributed by atoms with Gasteiger partial charge in [0, 0.05) is 31.2 Å². The molecule has 0 aliphatic carbocycles. The summed E-state index contributed by atoms with van der Waals surface area (Å²) in [4.78, 5) is 38.7. The Morgan fingerprint density at radius 3 is 2.48 bits per heavy atom. The van der Waals surface area contributed by atoms with Gasteiger partial charge >= 0.3 is 5.97 Å². The molecule has 2 aromatic rings. The number of benzene rings is 1. The van der Waals surface area contributed by atoms with Gasteiger partial charge in [-0.2, -0.15) is 0 Å².